The summed E-state index contributed by atoms with van der Waals surface area (Å²) in [5.41, 5.74) is 2.13. The number of hydrogen-bond acceptors (Lipinski definition) is 4. The molecular formula is C19H24N2O3S2. The first-order valence-electron chi connectivity index (χ1n) is 8.45. The number of anilines is 1. The molecule has 0 aliphatic carbocycles. The van der Waals surface area contributed by atoms with E-state index in [1.807, 2.05) is 25.3 Å². The third-order valence-corrected chi connectivity index (χ3v) is 5.83. The molecule has 0 fully saturated rings. The van der Waals surface area contributed by atoms with Crippen molar-refractivity contribution in [3.05, 3.63) is 59.7 Å². The van der Waals surface area contributed by atoms with Crippen LogP contribution in [0.4, 0.5) is 5.69 Å². The zero-order valence-corrected chi connectivity index (χ0v) is 16.6. The van der Waals surface area contributed by atoms with Crippen LogP contribution in [0.1, 0.15) is 35.7 Å². The standard InChI is InChI=1S/C19H24N2O3S2/c1-3-4-12-20-26(23,24)18-7-5-6-17(13-18)21-19(22)16-10-8-15(9-11-16)14-25-2/h5-11,13,20H,3-4,12,14H2,1-2H3,(H,21,22). The number of hydrogen-bond donors (Lipinski definition) is 2. The van der Waals surface area contributed by atoms with E-state index in [1.165, 1.54) is 12.1 Å². The molecule has 0 aliphatic heterocycles. The van der Waals surface area contributed by atoms with Crippen LogP contribution >= 0.6 is 11.8 Å². The molecule has 0 atom stereocenters. The molecule has 2 aromatic rings. The molecule has 26 heavy (non-hydrogen) atoms. The van der Waals surface area contributed by atoms with Crippen LogP contribution in [0.25, 0.3) is 0 Å². The number of unbranched alkanes of at least 4 members (excludes halogenated alkanes) is 1. The van der Waals surface area contributed by atoms with E-state index in [4.69, 9.17) is 0 Å². The van der Waals surface area contributed by atoms with Crippen LogP contribution in [0, 0.1) is 0 Å². The van der Waals surface area contributed by atoms with E-state index >= 15 is 0 Å². The van der Waals surface area contributed by atoms with E-state index in [0.717, 1.165) is 24.2 Å². The van der Waals surface area contributed by atoms with Gasteiger partial charge in [0, 0.05) is 23.5 Å². The maximum atomic E-state index is 12.4. The molecule has 0 unspecified atom stereocenters. The number of carbonyl (C=O) groups is 1. The largest absolute Gasteiger partial charge is 0.322 e. The van der Waals surface area contributed by atoms with Gasteiger partial charge in [0.25, 0.3) is 5.91 Å². The van der Waals surface area contributed by atoms with Crippen molar-refractivity contribution in [2.45, 2.75) is 30.4 Å². The molecule has 0 heterocycles. The van der Waals surface area contributed by atoms with Gasteiger partial charge in [0.05, 0.1) is 4.90 Å². The summed E-state index contributed by atoms with van der Waals surface area (Å²) < 4.78 is 27.1. The van der Waals surface area contributed by atoms with Crippen molar-refractivity contribution in [2.75, 3.05) is 18.1 Å². The first-order chi connectivity index (χ1) is 12.5. The highest BCUT2D eigenvalue weighted by Gasteiger charge is 2.14. The fraction of sp³-hybridized carbons (Fsp3) is 0.316. The second-order valence-electron chi connectivity index (χ2n) is 5.86. The van der Waals surface area contributed by atoms with Gasteiger partial charge in [-0.3, -0.25) is 4.79 Å². The molecule has 140 valence electrons. The molecule has 0 bridgehead atoms. The quantitative estimate of drug-likeness (QED) is 0.635. The van der Waals surface area contributed by atoms with Crippen LogP contribution in [0.15, 0.2) is 53.4 Å². The number of rotatable bonds is 9. The molecule has 0 aromatic heterocycles. The Hall–Kier alpha value is -1.83. The lowest BCUT2D eigenvalue weighted by Crippen LogP contribution is -2.24. The van der Waals surface area contributed by atoms with Crippen molar-refractivity contribution in [3.8, 4) is 0 Å². The summed E-state index contributed by atoms with van der Waals surface area (Å²) in [5.74, 6) is 0.626. The van der Waals surface area contributed by atoms with E-state index in [1.54, 1.807) is 36.0 Å². The van der Waals surface area contributed by atoms with Gasteiger partial charge in [-0.05, 0) is 48.6 Å². The van der Waals surface area contributed by atoms with Crippen molar-refractivity contribution in [2.24, 2.45) is 0 Å². The maximum absolute atomic E-state index is 12.4. The van der Waals surface area contributed by atoms with E-state index in [-0.39, 0.29) is 10.8 Å². The average molecular weight is 393 g/mol. The highest BCUT2D eigenvalue weighted by atomic mass is 32.2. The second-order valence-corrected chi connectivity index (χ2v) is 8.50. The molecule has 7 heteroatoms. The highest BCUT2D eigenvalue weighted by molar-refractivity contribution is 7.97. The fourth-order valence-electron chi connectivity index (χ4n) is 2.33. The van der Waals surface area contributed by atoms with Crippen molar-refractivity contribution in [1.29, 1.82) is 0 Å². The summed E-state index contributed by atoms with van der Waals surface area (Å²) in [5, 5.41) is 2.75. The predicted octanol–water partition coefficient (Wildman–Crippen LogP) is 3.88. The zero-order valence-electron chi connectivity index (χ0n) is 15.0. The molecule has 2 N–H and O–H groups in total. The zero-order chi connectivity index (χ0) is 19.0. The lowest BCUT2D eigenvalue weighted by atomic mass is 10.1. The number of nitrogens with one attached hydrogen (secondary N) is 2. The van der Waals surface area contributed by atoms with Crippen LogP contribution in [-0.4, -0.2) is 27.1 Å². The van der Waals surface area contributed by atoms with Crippen LogP contribution < -0.4 is 10.0 Å². The van der Waals surface area contributed by atoms with Gasteiger partial charge in [0.2, 0.25) is 10.0 Å². The molecule has 5 nitrogen and oxygen atoms in total. The van der Waals surface area contributed by atoms with Crippen molar-refractivity contribution in [3.63, 3.8) is 0 Å². The Morgan fingerprint density at radius 1 is 1.12 bits per heavy atom. The Kier molecular flexibility index (Phi) is 7.68. The minimum Gasteiger partial charge on any atom is -0.322 e. The summed E-state index contributed by atoms with van der Waals surface area (Å²) in [4.78, 5) is 12.5. The normalized spacial score (nSPS) is 11.3. The molecule has 1 amide bonds. The van der Waals surface area contributed by atoms with Gasteiger partial charge in [-0.15, -0.1) is 0 Å². The average Bonchev–Trinajstić information content (AvgIpc) is 2.63. The highest BCUT2D eigenvalue weighted by Crippen LogP contribution is 2.17. The Bertz CT molecular complexity index is 834. The van der Waals surface area contributed by atoms with E-state index < -0.39 is 10.0 Å². The topological polar surface area (TPSA) is 75.3 Å². The van der Waals surface area contributed by atoms with Crippen LogP contribution in [0.2, 0.25) is 0 Å². The monoisotopic (exact) mass is 392 g/mol. The summed E-state index contributed by atoms with van der Waals surface area (Å²) >= 11 is 1.72. The van der Waals surface area contributed by atoms with Crippen LogP contribution in [0.5, 0.6) is 0 Å². The van der Waals surface area contributed by atoms with Gasteiger partial charge < -0.3 is 5.32 Å². The summed E-state index contributed by atoms with van der Waals surface area (Å²) in [7, 11) is -3.57. The molecule has 0 aliphatic rings. The number of thioether (sulfide) groups is 1. The third-order valence-electron chi connectivity index (χ3n) is 3.75. The molecule has 2 aromatic carbocycles. The number of carbonyl (C=O) groups excluding carboxylic acids is 1. The van der Waals surface area contributed by atoms with Gasteiger partial charge in [-0.25, -0.2) is 13.1 Å². The second kappa shape index (κ2) is 9.75. The summed E-state index contributed by atoms with van der Waals surface area (Å²) in [6, 6.07) is 13.7. The number of amides is 1. The Morgan fingerprint density at radius 2 is 1.85 bits per heavy atom. The van der Waals surface area contributed by atoms with Gasteiger partial charge in [0.15, 0.2) is 0 Å². The van der Waals surface area contributed by atoms with Gasteiger partial charge in [-0.1, -0.05) is 31.5 Å². The number of benzene rings is 2. The lowest BCUT2D eigenvalue weighted by molar-refractivity contribution is 0.102. The van der Waals surface area contributed by atoms with E-state index in [9.17, 15) is 13.2 Å². The molecule has 0 spiro atoms. The Morgan fingerprint density at radius 3 is 2.50 bits per heavy atom. The van der Waals surface area contributed by atoms with Crippen molar-refractivity contribution in [1.82, 2.24) is 4.72 Å². The first-order valence-corrected chi connectivity index (χ1v) is 11.3. The summed E-state index contributed by atoms with van der Waals surface area (Å²) in [6.45, 7) is 2.40. The lowest BCUT2D eigenvalue weighted by Gasteiger charge is -2.09. The minimum absolute atomic E-state index is 0.140. The Balaban J connectivity index is 2.08. The first kappa shape index (κ1) is 20.5. The minimum atomic E-state index is -3.57. The Labute approximate surface area is 159 Å². The molecule has 0 radical (unpaired) electrons. The fourth-order valence-corrected chi connectivity index (χ4v) is 3.98. The van der Waals surface area contributed by atoms with Gasteiger partial charge in [-0.2, -0.15) is 11.8 Å². The van der Waals surface area contributed by atoms with Gasteiger partial charge in [0.1, 0.15) is 0 Å². The molecule has 0 saturated carbocycles. The molecule has 0 saturated heterocycles. The summed E-state index contributed by atoms with van der Waals surface area (Å²) in [6.07, 6.45) is 3.72. The third kappa shape index (κ3) is 5.86. The van der Waals surface area contributed by atoms with E-state index in [0.29, 0.717) is 17.8 Å². The molecule has 2 rings (SSSR count). The van der Waals surface area contributed by atoms with Crippen molar-refractivity contribution < 1.29 is 13.2 Å². The molecular weight excluding hydrogens is 368 g/mol. The van der Waals surface area contributed by atoms with Crippen LogP contribution in [-0.2, 0) is 15.8 Å². The smallest absolute Gasteiger partial charge is 0.255 e. The van der Waals surface area contributed by atoms with Gasteiger partial charge >= 0.3 is 0 Å². The van der Waals surface area contributed by atoms with Crippen LogP contribution in [0.3, 0.4) is 0 Å². The SMILES string of the molecule is CCCCNS(=O)(=O)c1cccc(NC(=O)c2ccc(CSC)cc2)c1. The number of sulfonamides is 1. The van der Waals surface area contributed by atoms with E-state index in [2.05, 4.69) is 10.0 Å². The predicted molar refractivity (Wildman–Crippen MR) is 108 cm³/mol. The maximum Gasteiger partial charge on any atom is 0.255 e. The van der Waals surface area contributed by atoms with Crippen molar-refractivity contribution >= 4 is 33.4 Å².